The number of aromatic nitrogens is 5. The van der Waals surface area contributed by atoms with Gasteiger partial charge in [-0.15, -0.1) is 0 Å². The molecule has 0 saturated heterocycles. The van der Waals surface area contributed by atoms with E-state index in [0.29, 0.717) is 37.0 Å². The zero-order valence-corrected chi connectivity index (χ0v) is 25.6. The number of methoxy groups -OCH3 is 1. The number of carbonyl (C=O) groups excluding carboxylic acids is 1. The number of hydrogen-bond donors (Lipinski definition) is 2. The van der Waals surface area contributed by atoms with Crippen molar-refractivity contribution < 1.29 is 9.53 Å². The van der Waals surface area contributed by atoms with Crippen LogP contribution in [0.25, 0.3) is 27.7 Å². The van der Waals surface area contributed by atoms with E-state index in [1.165, 1.54) is 6.08 Å². The summed E-state index contributed by atoms with van der Waals surface area (Å²) in [7, 11) is 1.79. The van der Waals surface area contributed by atoms with Crippen molar-refractivity contribution in [2.75, 3.05) is 17.7 Å². The molecule has 0 atom stereocenters. The molecule has 1 aliphatic carbocycles. The van der Waals surface area contributed by atoms with E-state index in [0.717, 1.165) is 70.1 Å². The van der Waals surface area contributed by atoms with E-state index < -0.39 is 0 Å². The van der Waals surface area contributed by atoms with Crippen LogP contribution in [0.1, 0.15) is 62.1 Å². The number of nitrogens with one attached hydrogen (secondary N) is 2. The first kappa shape index (κ1) is 29.4. The van der Waals surface area contributed by atoms with E-state index in [4.69, 9.17) is 19.7 Å². The molecule has 0 spiro atoms. The fourth-order valence-electron chi connectivity index (χ4n) is 6.01. The van der Waals surface area contributed by atoms with Crippen molar-refractivity contribution >= 4 is 34.1 Å². The van der Waals surface area contributed by atoms with Crippen LogP contribution in [0.15, 0.2) is 73.6 Å². The van der Waals surface area contributed by atoms with E-state index in [1.807, 2.05) is 36.7 Å². The van der Waals surface area contributed by atoms with Crippen LogP contribution in [-0.4, -0.2) is 49.6 Å². The summed E-state index contributed by atoms with van der Waals surface area (Å²) in [4.78, 5) is 26.5. The van der Waals surface area contributed by atoms with Gasteiger partial charge in [-0.1, -0.05) is 62.9 Å². The van der Waals surface area contributed by atoms with E-state index in [-0.39, 0.29) is 11.7 Å². The second-order valence-corrected chi connectivity index (χ2v) is 11.8. The van der Waals surface area contributed by atoms with Gasteiger partial charge in [0.05, 0.1) is 18.0 Å². The molecule has 1 fully saturated rings. The molecule has 226 valence electrons. The predicted molar refractivity (Wildman–Crippen MR) is 175 cm³/mol. The largest absolute Gasteiger partial charge is 0.381 e. The summed E-state index contributed by atoms with van der Waals surface area (Å²) >= 11 is 0. The smallest absolute Gasteiger partial charge is 0.229 e. The van der Waals surface area contributed by atoms with Gasteiger partial charge in [0, 0.05) is 48.8 Å². The summed E-state index contributed by atoms with van der Waals surface area (Å²) in [6.07, 6.45) is 9.83. The van der Waals surface area contributed by atoms with Gasteiger partial charge in [0.2, 0.25) is 11.9 Å². The van der Waals surface area contributed by atoms with Gasteiger partial charge in [-0.2, -0.15) is 19.6 Å². The van der Waals surface area contributed by atoms with Crippen LogP contribution in [0.3, 0.4) is 0 Å². The zero-order chi connectivity index (χ0) is 30.6. The zero-order valence-electron chi connectivity index (χ0n) is 25.6. The average Bonchev–Trinajstić information content (AvgIpc) is 3.48. The Morgan fingerprint density at radius 2 is 1.93 bits per heavy atom. The monoisotopic (exact) mass is 589 g/mol. The number of carbonyl (C=O) groups is 1. The lowest BCUT2D eigenvalue weighted by atomic mass is 9.93. The van der Waals surface area contributed by atoms with E-state index >= 15 is 0 Å². The Morgan fingerprint density at radius 1 is 1.11 bits per heavy atom. The van der Waals surface area contributed by atoms with Crippen LogP contribution >= 0.6 is 0 Å². The van der Waals surface area contributed by atoms with Gasteiger partial charge < -0.3 is 15.4 Å². The lowest BCUT2D eigenvalue weighted by Gasteiger charge is -2.28. The Morgan fingerprint density at radius 3 is 2.70 bits per heavy atom. The molecule has 9 nitrogen and oxygen atoms in total. The van der Waals surface area contributed by atoms with Crippen molar-refractivity contribution in [3.63, 3.8) is 0 Å². The highest BCUT2D eigenvalue weighted by molar-refractivity contribution is 5.97. The Labute approximate surface area is 257 Å². The van der Waals surface area contributed by atoms with Gasteiger partial charge in [0.25, 0.3) is 0 Å². The summed E-state index contributed by atoms with van der Waals surface area (Å²) in [6.45, 7) is 8.42. The van der Waals surface area contributed by atoms with E-state index in [2.05, 4.69) is 60.4 Å². The first-order valence-corrected chi connectivity index (χ1v) is 15.3. The standard InChI is InChI=1S/C35H39N7O2/c1-5-27(43)19-23-10-15-30-24(18-23)16-17-36-32(30)29-9-7-6-8-25(29)20-37-35-41-34(39-26-11-13-28(44-4)14-12-26)40-33-31(22(2)3)21-38-42(33)35/h5-10,15-18,21-22,26,28H,1,11-14,19-20H2,2-4H3,(H2,37,39,40,41). The summed E-state index contributed by atoms with van der Waals surface area (Å²) < 4.78 is 7.36. The van der Waals surface area contributed by atoms with Gasteiger partial charge in [-0.3, -0.25) is 9.78 Å². The van der Waals surface area contributed by atoms with Crippen LogP contribution in [0, 0.1) is 0 Å². The normalized spacial score (nSPS) is 16.8. The summed E-state index contributed by atoms with van der Waals surface area (Å²) in [5.41, 5.74) is 5.84. The molecule has 1 saturated carbocycles. The lowest BCUT2D eigenvalue weighted by molar-refractivity contribution is -0.114. The minimum Gasteiger partial charge on any atom is -0.381 e. The predicted octanol–water partition coefficient (Wildman–Crippen LogP) is 6.74. The van der Waals surface area contributed by atoms with Crippen molar-refractivity contribution in [1.29, 1.82) is 0 Å². The number of anilines is 2. The highest BCUT2D eigenvalue weighted by Gasteiger charge is 2.23. The lowest BCUT2D eigenvalue weighted by Crippen LogP contribution is -2.30. The quantitative estimate of drug-likeness (QED) is 0.163. The van der Waals surface area contributed by atoms with E-state index in [9.17, 15) is 4.79 Å². The highest BCUT2D eigenvalue weighted by atomic mass is 16.5. The summed E-state index contributed by atoms with van der Waals surface area (Å²) in [5.74, 6) is 1.52. The second-order valence-electron chi connectivity index (χ2n) is 11.8. The number of fused-ring (bicyclic) bond motifs is 2. The van der Waals surface area contributed by atoms with Crippen molar-refractivity contribution in [3.8, 4) is 11.3 Å². The van der Waals surface area contributed by atoms with Crippen LogP contribution in [0.5, 0.6) is 0 Å². The van der Waals surface area contributed by atoms with E-state index in [1.54, 1.807) is 11.6 Å². The fourth-order valence-corrected chi connectivity index (χ4v) is 6.01. The molecule has 3 aromatic heterocycles. The molecule has 3 heterocycles. The number of rotatable bonds is 11. The molecule has 5 aromatic rings. The molecule has 0 aliphatic heterocycles. The van der Waals surface area contributed by atoms with Gasteiger partial charge in [0.1, 0.15) is 0 Å². The summed E-state index contributed by atoms with van der Waals surface area (Å²) in [5, 5.41) is 13.9. The number of ether oxygens (including phenoxy) is 1. The number of nitrogens with zero attached hydrogens (tertiary/aromatic N) is 5. The van der Waals surface area contributed by atoms with Crippen molar-refractivity contribution in [2.45, 2.75) is 70.6 Å². The topological polar surface area (TPSA) is 106 Å². The van der Waals surface area contributed by atoms with Gasteiger partial charge in [-0.25, -0.2) is 0 Å². The maximum atomic E-state index is 11.9. The number of benzene rings is 2. The molecular weight excluding hydrogens is 550 g/mol. The van der Waals surface area contributed by atoms with Gasteiger partial charge in [-0.05, 0) is 60.3 Å². The third-order valence-corrected chi connectivity index (χ3v) is 8.50. The fraction of sp³-hybridized carbons (Fsp3) is 0.343. The molecule has 6 rings (SSSR count). The minimum atomic E-state index is 0.00315. The number of ketones is 1. The number of allylic oxidation sites excluding steroid dienone is 1. The first-order valence-electron chi connectivity index (χ1n) is 15.3. The third kappa shape index (κ3) is 6.19. The van der Waals surface area contributed by atoms with Gasteiger partial charge >= 0.3 is 0 Å². The average molecular weight is 590 g/mol. The summed E-state index contributed by atoms with van der Waals surface area (Å²) in [6, 6.07) is 16.7. The Kier molecular flexibility index (Phi) is 8.65. The third-order valence-electron chi connectivity index (χ3n) is 8.50. The molecule has 1 aliphatic rings. The van der Waals surface area contributed by atoms with Crippen LogP contribution in [-0.2, 0) is 22.5 Å². The van der Waals surface area contributed by atoms with Gasteiger partial charge in [0.15, 0.2) is 11.4 Å². The molecule has 2 N–H and O–H groups in total. The highest BCUT2D eigenvalue weighted by Crippen LogP contribution is 2.31. The maximum absolute atomic E-state index is 11.9. The number of hydrogen-bond acceptors (Lipinski definition) is 8. The Bertz CT molecular complexity index is 1800. The SMILES string of the molecule is C=CC(=O)Cc1ccc2c(-c3ccccc3CNc3nc(NC4CCC(OC)CC4)nc4c(C(C)C)cnn34)nccc2c1. The van der Waals surface area contributed by atoms with Crippen molar-refractivity contribution in [2.24, 2.45) is 0 Å². The molecule has 9 heteroatoms. The molecular formula is C35H39N7O2. The molecule has 0 unspecified atom stereocenters. The maximum Gasteiger partial charge on any atom is 0.229 e. The number of pyridine rings is 1. The van der Waals surface area contributed by atoms with Crippen LogP contribution in [0.4, 0.5) is 11.9 Å². The molecule has 0 amide bonds. The van der Waals surface area contributed by atoms with Crippen LogP contribution < -0.4 is 10.6 Å². The first-order chi connectivity index (χ1) is 21.4. The Hall–Kier alpha value is -4.63. The minimum absolute atomic E-state index is 0.00315. The second kappa shape index (κ2) is 12.9. The van der Waals surface area contributed by atoms with Crippen molar-refractivity contribution in [1.82, 2.24) is 24.6 Å². The molecule has 0 bridgehead atoms. The van der Waals surface area contributed by atoms with Crippen LogP contribution in [0.2, 0.25) is 0 Å². The molecule has 2 aromatic carbocycles. The molecule has 0 radical (unpaired) electrons. The van der Waals surface area contributed by atoms with Crippen molar-refractivity contribution in [3.05, 3.63) is 90.3 Å². The Balaban J connectivity index is 1.30. The molecule has 44 heavy (non-hydrogen) atoms.